The molecule has 2 aromatic carbocycles. The van der Waals surface area contributed by atoms with E-state index < -0.39 is 83.4 Å². The van der Waals surface area contributed by atoms with E-state index in [4.69, 9.17) is 9.15 Å². The Labute approximate surface area is 318 Å². The van der Waals surface area contributed by atoms with Gasteiger partial charge in [-0.05, 0) is 50.8 Å². The van der Waals surface area contributed by atoms with Gasteiger partial charge in [0.15, 0.2) is 24.0 Å². The number of alkyl halides is 3. The van der Waals surface area contributed by atoms with E-state index in [1.165, 1.54) is 25.1 Å². The Morgan fingerprint density at radius 3 is 2.49 bits per heavy atom. The van der Waals surface area contributed by atoms with Crippen LogP contribution in [0.1, 0.15) is 70.2 Å². The summed E-state index contributed by atoms with van der Waals surface area (Å²) in [6, 6.07) is 0.500. The van der Waals surface area contributed by atoms with Gasteiger partial charge in [0.1, 0.15) is 23.4 Å². The van der Waals surface area contributed by atoms with E-state index in [-0.39, 0.29) is 52.3 Å². The molecule has 57 heavy (non-hydrogen) atoms. The molecule has 2 atom stereocenters. The second kappa shape index (κ2) is 16.6. The standard InChI is InChI=1S/C36H33F5N8O8/c1-17-21-12-18(37)13-22(38)29(21)57-28(17)30(36(39,40)41)48-35(55)46-19-14-44-34(45-15-19)43-11-4-2-3-10-42-26(51)16-56-24-7-5-6-20-27(24)33(54)49(32(20)53)23-8-9-25(50)47-31(23)52/h5-7,12-15,23,30H,2-4,8-11,16H2,1H3,(H,42,51)(H,43,44,45)(H2,46,48,55)(H,47,50,52)/t23?,30-/m1/s1. The number of halogens is 5. The summed E-state index contributed by atoms with van der Waals surface area (Å²) in [6.07, 6.45) is -0.892. The fourth-order valence-corrected chi connectivity index (χ4v) is 6.27. The average molecular weight is 801 g/mol. The van der Waals surface area contributed by atoms with Crippen molar-refractivity contribution >= 4 is 58.2 Å². The predicted molar refractivity (Wildman–Crippen MR) is 188 cm³/mol. The predicted octanol–water partition coefficient (Wildman–Crippen LogP) is 4.41. The number of nitrogens with one attached hydrogen (secondary N) is 5. The number of nitrogens with zero attached hydrogens (tertiary/aromatic N) is 3. The van der Waals surface area contributed by atoms with Crippen molar-refractivity contribution in [2.75, 3.05) is 30.3 Å². The molecule has 1 fully saturated rings. The highest BCUT2D eigenvalue weighted by atomic mass is 19.4. The first-order chi connectivity index (χ1) is 27.1. The van der Waals surface area contributed by atoms with Gasteiger partial charge >= 0.3 is 12.2 Å². The first kappa shape index (κ1) is 40.0. The first-order valence-corrected chi connectivity index (χ1v) is 17.4. The maximum absolute atomic E-state index is 14.2. The number of unbranched alkanes of at least 4 members (excludes halogenated alkanes) is 2. The van der Waals surface area contributed by atoms with Crippen LogP contribution in [0.25, 0.3) is 11.0 Å². The fraction of sp³-hybridized carbons (Fsp3) is 0.333. The Bertz CT molecular complexity index is 2250. The molecule has 16 nitrogen and oxygen atoms in total. The van der Waals surface area contributed by atoms with Gasteiger partial charge in [0.2, 0.25) is 17.8 Å². The molecule has 0 radical (unpaired) electrons. The number of carbonyl (C=O) groups is 6. The van der Waals surface area contributed by atoms with Gasteiger partial charge in [-0.3, -0.25) is 34.2 Å². The van der Waals surface area contributed by atoms with Crippen molar-refractivity contribution in [2.24, 2.45) is 0 Å². The summed E-state index contributed by atoms with van der Waals surface area (Å²) in [6.45, 7) is 1.45. The molecule has 2 aliphatic rings. The number of ether oxygens (including phenoxy) is 1. The van der Waals surface area contributed by atoms with Gasteiger partial charge < -0.3 is 30.4 Å². The molecule has 0 saturated carbocycles. The van der Waals surface area contributed by atoms with Crippen LogP contribution < -0.4 is 31.3 Å². The number of aromatic nitrogens is 2. The molecular weight excluding hydrogens is 767 g/mol. The third-order valence-corrected chi connectivity index (χ3v) is 9.02. The summed E-state index contributed by atoms with van der Waals surface area (Å²) < 4.78 is 80.3. The number of furan rings is 1. The number of rotatable bonds is 14. The maximum atomic E-state index is 14.2. The highest BCUT2D eigenvalue weighted by Crippen LogP contribution is 2.39. The van der Waals surface area contributed by atoms with Gasteiger partial charge in [-0.1, -0.05) is 6.07 Å². The Morgan fingerprint density at radius 2 is 1.77 bits per heavy atom. The van der Waals surface area contributed by atoms with E-state index in [0.29, 0.717) is 38.4 Å². The summed E-state index contributed by atoms with van der Waals surface area (Å²) in [5.74, 6) is -6.02. The lowest BCUT2D eigenvalue weighted by Gasteiger charge is -2.27. The number of carbonyl (C=O) groups excluding carboxylic acids is 6. The SMILES string of the molecule is Cc1c([C@@H](NC(=O)Nc2cnc(NCCCCCNC(=O)COc3cccc4c3C(=O)N(C3CCC(=O)NC3=O)C4=O)nc2)C(F)(F)F)oc2c(F)cc(F)cc12. The van der Waals surface area contributed by atoms with Crippen LogP contribution in [0.4, 0.5) is 38.4 Å². The molecule has 4 aromatic rings. The van der Waals surface area contributed by atoms with Crippen LogP contribution in [0.2, 0.25) is 0 Å². The molecule has 1 saturated heterocycles. The van der Waals surface area contributed by atoms with Crippen LogP contribution in [-0.4, -0.2) is 82.3 Å². The zero-order valence-corrected chi connectivity index (χ0v) is 29.9. The average Bonchev–Trinajstić information content (AvgIpc) is 3.61. The second-order valence-electron chi connectivity index (χ2n) is 13.0. The van der Waals surface area contributed by atoms with Crippen molar-refractivity contribution in [2.45, 2.75) is 57.3 Å². The van der Waals surface area contributed by atoms with Crippen LogP contribution in [0.3, 0.4) is 0 Å². The van der Waals surface area contributed by atoms with E-state index in [1.807, 2.05) is 0 Å². The summed E-state index contributed by atoms with van der Waals surface area (Å²) in [5.41, 5.74) is -0.875. The molecule has 300 valence electrons. The number of hydrogen-bond acceptors (Lipinski definition) is 11. The quantitative estimate of drug-likeness (QED) is 0.0684. The topological polar surface area (TPSA) is 214 Å². The lowest BCUT2D eigenvalue weighted by molar-refractivity contribution is -0.158. The minimum atomic E-state index is -5.06. The zero-order valence-electron chi connectivity index (χ0n) is 29.9. The molecule has 4 heterocycles. The fourth-order valence-electron chi connectivity index (χ4n) is 6.27. The number of amides is 7. The number of anilines is 2. The molecule has 0 bridgehead atoms. The molecule has 0 spiro atoms. The van der Waals surface area contributed by atoms with Gasteiger partial charge in [-0.2, -0.15) is 13.2 Å². The maximum Gasteiger partial charge on any atom is 0.416 e. The summed E-state index contributed by atoms with van der Waals surface area (Å²) in [4.78, 5) is 83.7. The van der Waals surface area contributed by atoms with Crippen LogP contribution in [0.5, 0.6) is 5.75 Å². The van der Waals surface area contributed by atoms with Crippen LogP contribution >= 0.6 is 0 Å². The van der Waals surface area contributed by atoms with Crippen molar-refractivity contribution in [1.29, 1.82) is 0 Å². The van der Waals surface area contributed by atoms with Crippen molar-refractivity contribution in [3.05, 3.63) is 76.8 Å². The molecule has 6 rings (SSSR count). The largest absolute Gasteiger partial charge is 0.483 e. The third kappa shape index (κ3) is 8.92. The third-order valence-electron chi connectivity index (χ3n) is 9.02. The minimum Gasteiger partial charge on any atom is -0.483 e. The number of aryl methyl sites for hydroxylation is 1. The van der Waals surface area contributed by atoms with Crippen molar-refractivity contribution in [3.8, 4) is 5.75 Å². The first-order valence-electron chi connectivity index (χ1n) is 17.4. The van der Waals surface area contributed by atoms with Crippen molar-refractivity contribution in [3.63, 3.8) is 0 Å². The minimum absolute atomic E-state index is 0.00115. The van der Waals surface area contributed by atoms with Crippen LogP contribution in [0.15, 0.2) is 47.1 Å². The smallest absolute Gasteiger partial charge is 0.416 e. The molecule has 2 aromatic heterocycles. The Morgan fingerprint density at radius 1 is 1.04 bits per heavy atom. The number of urea groups is 1. The Hall–Kier alpha value is -6.67. The number of piperidine rings is 1. The number of benzene rings is 2. The molecule has 0 aliphatic carbocycles. The van der Waals surface area contributed by atoms with Crippen LogP contribution in [0, 0.1) is 18.6 Å². The van der Waals surface area contributed by atoms with Gasteiger partial charge in [0, 0.05) is 36.5 Å². The number of hydrogen-bond donors (Lipinski definition) is 5. The van der Waals surface area contributed by atoms with Crippen molar-refractivity contribution in [1.82, 2.24) is 30.8 Å². The highest BCUT2D eigenvalue weighted by Gasteiger charge is 2.47. The van der Waals surface area contributed by atoms with E-state index in [2.05, 4.69) is 31.2 Å². The highest BCUT2D eigenvalue weighted by molar-refractivity contribution is 6.24. The van der Waals surface area contributed by atoms with E-state index >= 15 is 0 Å². The lowest BCUT2D eigenvalue weighted by Crippen LogP contribution is -2.54. The molecule has 2 aliphatic heterocycles. The Kier molecular flexibility index (Phi) is 11.6. The zero-order chi connectivity index (χ0) is 41.0. The van der Waals surface area contributed by atoms with E-state index in [0.717, 1.165) is 23.4 Å². The van der Waals surface area contributed by atoms with Gasteiger partial charge in [-0.15, -0.1) is 0 Å². The summed E-state index contributed by atoms with van der Waals surface area (Å²) >= 11 is 0. The molecule has 5 N–H and O–H groups in total. The van der Waals surface area contributed by atoms with E-state index in [9.17, 15) is 50.7 Å². The van der Waals surface area contributed by atoms with Crippen LogP contribution in [-0.2, 0) is 14.4 Å². The monoisotopic (exact) mass is 800 g/mol. The molecule has 21 heteroatoms. The second-order valence-corrected chi connectivity index (χ2v) is 13.0. The number of fused-ring (bicyclic) bond motifs is 2. The van der Waals surface area contributed by atoms with Gasteiger partial charge in [-0.25, -0.2) is 23.5 Å². The molecular formula is C36H33F5N8O8. The van der Waals surface area contributed by atoms with E-state index in [1.54, 1.807) is 5.32 Å². The van der Waals surface area contributed by atoms with Crippen molar-refractivity contribution < 1.29 is 59.9 Å². The van der Waals surface area contributed by atoms with Gasteiger partial charge in [0.05, 0.1) is 29.2 Å². The van der Waals surface area contributed by atoms with Gasteiger partial charge in [0.25, 0.3) is 17.7 Å². The summed E-state index contributed by atoms with van der Waals surface area (Å²) in [7, 11) is 0. The lowest BCUT2D eigenvalue weighted by atomic mass is 10.0. The number of imide groups is 2. The molecule has 7 amide bonds. The summed E-state index contributed by atoms with van der Waals surface area (Å²) in [5, 5.41) is 11.5. The normalized spacial score (nSPS) is 16.0. The molecule has 1 unspecified atom stereocenters. The Balaban J connectivity index is 0.895.